The van der Waals surface area contributed by atoms with Gasteiger partial charge in [-0.1, -0.05) is 6.92 Å². The molecular weight excluding hydrogens is 441 g/mol. The molecule has 1 N–H and O–H groups in total. The van der Waals surface area contributed by atoms with Crippen molar-refractivity contribution in [2.45, 2.75) is 23.7 Å². The Morgan fingerprint density at radius 1 is 1.19 bits per heavy atom. The molecule has 11 heteroatoms. The highest BCUT2D eigenvalue weighted by Crippen LogP contribution is 2.27. The third kappa shape index (κ3) is 4.19. The minimum absolute atomic E-state index is 0.0135. The summed E-state index contributed by atoms with van der Waals surface area (Å²) in [5.74, 6) is -0.719. The van der Waals surface area contributed by atoms with E-state index in [-0.39, 0.29) is 16.1 Å². The molecule has 0 fully saturated rings. The van der Waals surface area contributed by atoms with Crippen LogP contribution in [0.3, 0.4) is 0 Å². The van der Waals surface area contributed by atoms with Crippen LogP contribution in [0.5, 0.6) is 0 Å². The molecule has 1 atom stereocenters. The summed E-state index contributed by atoms with van der Waals surface area (Å²) in [7, 11) is -3.41. The molecule has 0 saturated carbocycles. The summed E-state index contributed by atoms with van der Waals surface area (Å²) in [6, 6.07) is 5.44. The van der Waals surface area contributed by atoms with Crippen LogP contribution in [0, 0.1) is 5.82 Å². The molecule has 0 aliphatic rings. The van der Waals surface area contributed by atoms with E-state index in [1.807, 2.05) is 6.92 Å². The van der Waals surface area contributed by atoms with Crippen LogP contribution in [-0.2, 0) is 9.84 Å². The van der Waals surface area contributed by atoms with Gasteiger partial charge in [-0.05, 0) is 30.7 Å². The van der Waals surface area contributed by atoms with Gasteiger partial charge in [-0.25, -0.2) is 22.5 Å². The third-order valence-corrected chi connectivity index (χ3v) is 7.49. The van der Waals surface area contributed by atoms with Gasteiger partial charge in [0.1, 0.15) is 5.82 Å². The maximum atomic E-state index is 13.2. The number of sulfone groups is 1. The number of carbonyl (C=O) groups is 1. The van der Waals surface area contributed by atoms with Crippen molar-refractivity contribution in [2.75, 3.05) is 6.26 Å². The Morgan fingerprint density at radius 3 is 2.58 bits per heavy atom. The van der Waals surface area contributed by atoms with Gasteiger partial charge in [0, 0.05) is 28.9 Å². The number of thiazole rings is 1. The fourth-order valence-electron chi connectivity index (χ4n) is 3.12. The van der Waals surface area contributed by atoms with Gasteiger partial charge in [0.05, 0.1) is 35.2 Å². The van der Waals surface area contributed by atoms with E-state index >= 15 is 0 Å². The van der Waals surface area contributed by atoms with E-state index < -0.39 is 15.9 Å². The van der Waals surface area contributed by atoms with E-state index in [1.54, 1.807) is 29.2 Å². The van der Waals surface area contributed by atoms with Gasteiger partial charge in [0.2, 0.25) is 14.2 Å². The van der Waals surface area contributed by atoms with E-state index in [4.69, 9.17) is 0 Å². The Morgan fingerprint density at radius 2 is 1.94 bits per heavy atom. The van der Waals surface area contributed by atoms with E-state index in [1.165, 1.54) is 24.5 Å². The Hall–Kier alpha value is -3.18. The molecule has 160 valence electrons. The molecule has 4 rings (SSSR count). The number of hydrogen-bond donors (Lipinski definition) is 1. The molecule has 1 amide bonds. The summed E-state index contributed by atoms with van der Waals surface area (Å²) >= 11 is 1.04. The summed E-state index contributed by atoms with van der Waals surface area (Å²) < 4.78 is 38.3. The average Bonchev–Trinajstić information content (AvgIpc) is 3.39. The molecule has 8 nitrogen and oxygen atoms in total. The van der Waals surface area contributed by atoms with E-state index in [0.717, 1.165) is 17.6 Å². The number of nitrogens with one attached hydrogen (secondary N) is 1. The zero-order valence-electron chi connectivity index (χ0n) is 16.6. The predicted octanol–water partition coefficient (Wildman–Crippen LogP) is 3.30. The second-order valence-electron chi connectivity index (χ2n) is 6.89. The zero-order chi connectivity index (χ0) is 22.2. The topological polar surface area (TPSA) is 107 Å². The van der Waals surface area contributed by atoms with Gasteiger partial charge in [-0.3, -0.25) is 9.78 Å². The number of amides is 1. The maximum absolute atomic E-state index is 13.2. The molecule has 0 spiro atoms. The number of carbonyl (C=O) groups excluding carboxylic acids is 1. The molecule has 0 radical (unpaired) electrons. The number of pyridine rings is 1. The highest BCUT2D eigenvalue weighted by molar-refractivity contribution is 7.92. The largest absolute Gasteiger partial charge is 0.344 e. The minimum Gasteiger partial charge on any atom is -0.344 e. The van der Waals surface area contributed by atoms with Crippen molar-refractivity contribution >= 4 is 38.0 Å². The van der Waals surface area contributed by atoms with Gasteiger partial charge in [-0.15, -0.1) is 11.3 Å². The summed E-state index contributed by atoms with van der Waals surface area (Å²) in [5.41, 5.74) is 1.57. The lowest BCUT2D eigenvalue weighted by atomic mass is 10.1. The fourth-order valence-corrected chi connectivity index (χ4v) is 5.04. The number of benzene rings is 1. The minimum atomic E-state index is -3.41. The quantitative estimate of drug-likeness (QED) is 0.474. The Bertz CT molecular complexity index is 1360. The van der Waals surface area contributed by atoms with E-state index in [0.29, 0.717) is 33.5 Å². The number of fused-ring (bicyclic) bond motifs is 1. The van der Waals surface area contributed by atoms with Crippen molar-refractivity contribution in [1.29, 1.82) is 0 Å². The third-order valence-electron chi connectivity index (χ3n) is 4.69. The van der Waals surface area contributed by atoms with Crippen LogP contribution in [0.15, 0.2) is 53.4 Å². The average molecular weight is 460 g/mol. The van der Waals surface area contributed by atoms with Crippen LogP contribution in [0.4, 0.5) is 4.39 Å². The van der Waals surface area contributed by atoms with Crippen LogP contribution in [0.2, 0.25) is 0 Å². The lowest BCUT2D eigenvalue weighted by molar-refractivity contribution is 0.0937. The van der Waals surface area contributed by atoms with Crippen molar-refractivity contribution < 1.29 is 17.6 Å². The molecule has 0 aliphatic carbocycles. The predicted molar refractivity (Wildman–Crippen MR) is 115 cm³/mol. The molecule has 0 aliphatic heterocycles. The second-order valence-corrected chi connectivity index (χ2v) is 10.1. The number of aromatic nitrogens is 4. The monoisotopic (exact) mass is 459 g/mol. The van der Waals surface area contributed by atoms with Crippen LogP contribution in [0.1, 0.15) is 34.6 Å². The number of hydrogen-bond acceptors (Lipinski definition) is 7. The summed E-state index contributed by atoms with van der Waals surface area (Å²) in [4.78, 5) is 21.8. The van der Waals surface area contributed by atoms with Gasteiger partial charge in [0.25, 0.3) is 5.91 Å². The van der Waals surface area contributed by atoms with Crippen LogP contribution < -0.4 is 5.32 Å². The van der Waals surface area contributed by atoms with E-state index in [2.05, 4.69) is 20.4 Å². The first-order valence-corrected chi connectivity index (χ1v) is 12.0. The van der Waals surface area contributed by atoms with E-state index in [9.17, 15) is 17.6 Å². The first-order valence-electron chi connectivity index (χ1n) is 9.32. The number of rotatable bonds is 6. The summed E-state index contributed by atoms with van der Waals surface area (Å²) in [6.07, 6.45) is 7.72. The van der Waals surface area contributed by atoms with Gasteiger partial charge >= 0.3 is 0 Å². The smallest absolute Gasteiger partial charge is 0.254 e. The van der Waals surface area contributed by atoms with Crippen molar-refractivity contribution in [3.63, 3.8) is 0 Å². The zero-order valence-corrected chi connectivity index (χ0v) is 18.2. The van der Waals surface area contributed by atoms with Gasteiger partial charge in [0.15, 0.2) is 0 Å². The highest BCUT2D eigenvalue weighted by Gasteiger charge is 2.22. The Kier molecular flexibility index (Phi) is 5.54. The molecule has 4 aromatic rings. The first-order chi connectivity index (χ1) is 14.8. The SMILES string of the molecule is CC[C@H](NC(=O)c1cncc2c1cnn2-c1ccc(F)cc1)c1cnc(S(C)(=O)=O)s1. The van der Waals surface area contributed by atoms with Crippen molar-refractivity contribution in [3.05, 3.63) is 65.3 Å². The van der Waals surface area contributed by atoms with Crippen LogP contribution in [0.25, 0.3) is 16.6 Å². The summed E-state index contributed by atoms with van der Waals surface area (Å²) in [6.45, 7) is 1.89. The molecule has 31 heavy (non-hydrogen) atoms. The fraction of sp³-hybridized carbons (Fsp3) is 0.200. The standard InChI is InChI=1S/C20H18FN5O3S2/c1-3-16(18-11-23-20(30-18)31(2,28)29)25-19(27)15-8-22-10-17-14(15)9-24-26(17)13-6-4-12(21)5-7-13/h4-11,16H,3H2,1-2H3,(H,25,27)/t16-/m0/s1. The molecule has 0 saturated heterocycles. The lowest BCUT2D eigenvalue weighted by Gasteiger charge is -2.15. The van der Waals surface area contributed by atoms with Crippen molar-refractivity contribution in [2.24, 2.45) is 0 Å². The number of halogens is 1. The molecule has 0 unspecified atom stereocenters. The Labute approximate surface area is 181 Å². The molecule has 1 aromatic carbocycles. The highest BCUT2D eigenvalue weighted by atomic mass is 32.2. The molecule has 3 aromatic heterocycles. The second kappa shape index (κ2) is 8.16. The molecule has 0 bridgehead atoms. The van der Waals surface area contributed by atoms with Gasteiger partial charge in [-0.2, -0.15) is 5.10 Å². The summed E-state index contributed by atoms with van der Waals surface area (Å²) in [5, 5.41) is 7.84. The van der Waals surface area contributed by atoms with Crippen molar-refractivity contribution in [1.82, 2.24) is 25.1 Å². The first kappa shape index (κ1) is 21.1. The van der Waals surface area contributed by atoms with Crippen LogP contribution in [-0.4, -0.2) is 40.3 Å². The van der Waals surface area contributed by atoms with Crippen molar-refractivity contribution in [3.8, 4) is 5.69 Å². The molecular formula is C20H18FN5O3S2. The van der Waals surface area contributed by atoms with Gasteiger partial charge < -0.3 is 5.32 Å². The Balaban J connectivity index is 1.64. The number of nitrogens with zero attached hydrogens (tertiary/aromatic N) is 4. The lowest BCUT2D eigenvalue weighted by Crippen LogP contribution is -2.27. The maximum Gasteiger partial charge on any atom is 0.254 e. The van der Waals surface area contributed by atoms with Crippen LogP contribution >= 0.6 is 11.3 Å². The molecule has 3 heterocycles. The normalized spacial score (nSPS) is 12.7.